The molecule has 0 atom stereocenters. The molecule has 0 spiro atoms. The molecule has 0 aliphatic heterocycles. The lowest BCUT2D eigenvalue weighted by atomic mass is 10.2. The molecule has 3 rings (SSSR count). The summed E-state index contributed by atoms with van der Waals surface area (Å²) in [6.07, 6.45) is 3.63. The summed E-state index contributed by atoms with van der Waals surface area (Å²) in [7, 11) is 1.93. The van der Waals surface area contributed by atoms with Gasteiger partial charge in [-0.2, -0.15) is 0 Å². The van der Waals surface area contributed by atoms with Gasteiger partial charge < -0.3 is 9.88 Å². The van der Waals surface area contributed by atoms with Crippen molar-refractivity contribution in [1.29, 1.82) is 0 Å². The number of imidazole rings is 1. The predicted molar refractivity (Wildman–Crippen MR) is 85.6 cm³/mol. The van der Waals surface area contributed by atoms with Crippen molar-refractivity contribution in [2.24, 2.45) is 7.05 Å². The van der Waals surface area contributed by atoms with Gasteiger partial charge in [0.2, 0.25) is 0 Å². The van der Waals surface area contributed by atoms with Crippen LogP contribution in [-0.2, 0) is 7.05 Å². The number of carbonyl (C=O) groups excluding carboxylic acids is 1. The van der Waals surface area contributed by atoms with Crippen LogP contribution < -0.4 is 5.32 Å². The number of hydrogen-bond acceptors (Lipinski definition) is 3. The van der Waals surface area contributed by atoms with E-state index in [2.05, 4.69) is 15.3 Å². The first-order valence-electron chi connectivity index (χ1n) is 6.96. The van der Waals surface area contributed by atoms with Crippen LogP contribution in [0.5, 0.6) is 0 Å². The zero-order chi connectivity index (χ0) is 15.5. The Morgan fingerprint density at radius 2 is 2.00 bits per heavy atom. The molecule has 5 nitrogen and oxygen atoms in total. The fourth-order valence-electron chi connectivity index (χ4n) is 2.24. The fourth-order valence-corrected chi connectivity index (χ4v) is 2.24. The van der Waals surface area contributed by atoms with Gasteiger partial charge in [-0.25, -0.2) is 9.97 Å². The molecular formula is C17H16N4O. The van der Waals surface area contributed by atoms with Gasteiger partial charge in [-0.05, 0) is 31.2 Å². The van der Waals surface area contributed by atoms with Crippen molar-refractivity contribution in [3.8, 4) is 11.4 Å². The van der Waals surface area contributed by atoms with Gasteiger partial charge in [-0.3, -0.25) is 4.79 Å². The third-order valence-corrected chi connectivity index (χ3v) is 3.32. The van der Waals surface area contributed by atoms with E-state index in [1.165, 1.54) is 0 Å². The van der Waals surface area contributed by atoms with Crippen LogP contribution in [0.15, 0.2) is 54.9 Å². The number of anilines is 1. The van der Waals surface area contributed by atoms with E-state index in [0.717, 1.165) is 17.1 Å². The average Bonchev–Trinajstić information content (AvgIpc) is 2.94. The van der Waals surface area contributed by atoms with E-state index in [9.17, 15) is 4.79 Å². The molecule has 0 bridgehead atoms. The van der Waals surface area contributed by atoms with Gasteiger partial charge in [0.25, 0.3) is 5.91 Å². The Balaban J connectivity index is 1.84. The molecule has 0 unspecified atom stereocenters. The Kier molecular flexibility index (Phi) is 3.70. The zero-order valence-electron chi connectivity index (χ0n) is 12.4. The van der Waals surface area contributed by atoms with E-state index in [1.54, 1.807) is 12.3 Å². The van der Waals surface area contributed by atoms with Crippen LogP contribution in [0.2, 0.25) is 0 Å². The minimum absolute atomic E-state index is 0.222. The first kappa shape index (κ1) is 14.0. The minimum Gasteiger partial charge on any atom is -0.334 e. The third-order valence-electron chi connectivity index (χ3n) is 3.32. The molecule has 1 amide bonds. The summed E-state index contributed by atoms with van der Waals surface area (Å²) in [5, 5.41) is 2.87. The van der Waals surface area contributed by atoms with E-state index >= 15 is 0 Å². The quantitative estimate of drug-likeness (QED) is 0.807. The predicted octanol–water partition coefficient (Wildman–Crippen LogP) is 3.04. The highest BCUT2D eigenvalue weighted by Crippen LogP contribution is 2.21. The molecule has 5 heteroatoms. The number of rotatable bonds is 3. The molecule has 0 saturated heterocycles. The van der Waals surface area contributed by atoms with Crippen LogP contribution in [0.4, 0.5) is 5.69 Å². The molecule has 0 fully saturated rings. The second-order valence-electron chi connectivity index (χ2n) is 5.06. The molecule has 3 aromatic rings. The smallest absolute Gasteiger partial charge is 0.274 e. The Labute approximate surface area is 128 Å². The molecule has 2 heterocycles. The van der Waals surface area contributed by atoms with Crippen LogP contribution in [0.25, 0.3) is 11.4 Å². The van der Waals surface area contributed by atoms with Crippen molar-refractivity contribution in [3.05, 3.63) is 66.2 Å². The van der Waals surface area contributed by atoms with E-state index in [4.69, 9.17) is 0 Å². The first-order valence-corrected chi connectivity index (χ1v) is 6.96. The van der Waals surface area contributed by atoms with Crippen molar-refractivity contribution in [2.45, 2.75) is 6.92 Å². The number of nitrogens with zero attached hydrogens (tertiary/aromatic N) is 3. The van der Waals surface area contributed by atoms with Gasteiger partial charge >= 0.3 is 0 Å². The molecule has 22 heavy (non-hydrogen) atoms. The standard InChI is InChI=1S/C17H16N4O/c1-12-5-3-8-15(19-12)17(22)20-14-7-4-6-13(11-14)16-18-9-10-21(16)2/h3-11H,1-2H3,(H,20,22). The summed E-state index contributed by atoms with van der Waals surface area (Å²) in [5.74, 6) is 0.630. The van der Waals surface area contributed by atoms with Crippen molar-refractivity contribution in [3.63, 3.8) is 0 Å². The van der Waals surface area contributed by atoms with Gasteiger partial charge in [-0.15, -0.1) is 0 Å². The normalized spacial score (nSPS) is 10.5. The Morgan fingerprint density at radius 1 is 1.18 bits per heavy atom. The number of carbonyl (C=O) groups is 1. The lowest BCUT2D eigenvalue weighted by molar-refractivity contribution is 0.102. The Bertz CT molecular complexity index is 823. The highest BCUT2D eigenvalue weighted by molar-refractivity contribution is 6.03. The maximum atomic E-state index is 12.2. The van der Waals surface area contributed by atoms with Crippen LogP contribution in [0.1, 0.15) is 16.2 Å². The SMILES string of the molecule is Cc1cccc(C(=O)Nc2cccc(-c3nccn3C)c2)n1. The molecule has 0 saturated carbocycles. The van der Waals surface area contributed by atoms with Gasteiger partial charge in [-0.1, -0.05) is 18.2 Å². The maximum Gasteiger partial charge on any atom is 0.274 e. The van der Waals surface area contributed by atoms with E-state index in [1.807, 2.05) is 61.1 Å². The Hall–Kier alpha value is -2.95. The fraction of sp³-hybridized carbons (Fsp3) is 0.118. The van der Waals surface area contributed by atoms with Gasteiger partial charge in [0.05, 0.1) is 0 Å². The van der Waals surface area contributed by atoms with Crippen molar-refractivity contribution in [1.82, 2.24) is 14.5 Å². The zero-order valence-corrected chi connectivity index (χ0v) is 12.4. The number of aryl methyl sites for hydroxylation is 2. The number of pyridine rings is 1. The van der Waals surface area contributed by atoms with Gasteiger partial charge in [0, 0.05) is 36.4 Å². The van der Waals surface area contributed by atoms with E-state index < -0.39 is 0 Å². The second kappa shape index (κ2) is 5.81. The largest absolute Gasteiger partial charge is 0.334 e. The monoisotopic (exact) mass is 292 g/mol. The maximum absolute atomic E-state index is 12.2. The minimum atomic E-state index is -0.222. The molecule has 0 radical (unpaired) electrons. The summed E-state index contributed by atoms with van der Waals surface area (Å²) in [5.41, 5.74) is 2.88. The molecule has 2 aromatic heterocycles. The molecule has 0 aliphatic carbocycles. The summed E-state index contributed by atoms with van der Waals surface area (Å²) in [6, 6.07) is 13.0. The number of aromatic nitrogens is 3. The van der Waals surface area contributed by atoms with Crippen molar-refractivity contribution in [2.75, 3.05) is 5.32 Å². The number of hydrogen-bond donors (Lipinski definition) is 1. The second-order valence-corrected chi connectivity index (χ2v) is 5.06. The summed E-state index contributed by atoms with van der Waals surface area (Å²) in [6.45, 7) is 1.86. The summed E-state index contributed by atoms with van der Waals surface area (Å²) < 4.78 is 1.93. The number of nitrogens with one attached hydrogen (secondary N) is 1. The molecule has 110 valence electrons. The van der Waals surface area contributed by atoms with E-state index in [0.29, 0.717) is 11.4 Å². The lowest BCUT2D eigenvalue weighted by Crippen LogP contribution is -2.14. The topological polar surface area (TPSA) is 59.8 Å². The molecule has 0 aliphatic rings. The van der Waals surface area contributed by atoms with Gasteiger partial charge in [0.15, 0.2) is 0 Å². The lowest BCUT2D eigenvalue weighted by Gasteiger charge is -2.07. The van der Waals surface area contributed by atoms with Crippen LogP contribution >= 0.6 is 0 Å². The van der Waals surface area contributed by atoms with Crippen LogP contribution in [0.3, 0.4) is 0 Å². The van der Waals surface area contributed by atoms with Crippen LogP contribution in [0, 0.1) is 6.92 Å². The third kappa shape index (κ3) is 2.88. The molecule has 1 aromatic carbocycles. The Morgan fingerprint density at radius 3 is 2.73 bits per heavy atom. The van der Waals surface area contributed by atoms with Crippen LogP contribution in [-0.4, -0.2) is 20.4 Å². The summed E-state index contributed by atoms with van der Waals surface area (Å²) in [4.78, 5) is 20.8. The molecule has 1 N–H and O–H groups in total. The number of benzene rings is 1. The highest BCUT2D eigenvalue weighted by Gasteiger charge is 2.09. The number of amides is 1. The van der Waals surface area contributed by atoms with E-state index in [-0.39, 0.29) is 5.91 Å². The summed E-state index contributed by atoms with van der Waals surface area (Å²) >= 11 is 0. The first-order chi connectivity index (χ1) is 10.6. The molecular weight excluding hydrogens is 276 g/mol. The van der Waals surface area contributed by atoms with Crippen molar-refractivity contribution >= 4 is 11.6 Å². The highest BCUT2D eigenvalue weighted by atomic mass is 16.1. The van der Waals surface area contributed by atoms with Gasteiger partial charge in [0.1, 0.15) is 11.5 Å². The average molecular weight is 292 g/mol. The van der Waals surface area contributed by atoms with Crippen molar-refractivity contribution < 1.29 is 4.79 Å².